The highest BCUT2D eigenvalue weighted by molar-refractivity contribution is 7.14. The number of aryl methyl sites for hydroxylation is 1. The predicted octanol–water partition coefficient (Wildman–Crippen LogP) is 3.09. The summed E-state index contributed by atoms with van der Waals surface area (Å²) >= 11 is 7.20. The predicted molar refractivity (Wildman–Crippen MR) is 80.3 cm³/mol. The Morgan fingerprint density at radius 2 is 2.10 bits per heavy atom. The maximum absolute atomic E-state index is 11.1. The number of hydrogen-bond donors (Lipinski definition) is 2. The van der Waals surface area contributed by atoms with Crippen molar-refractivity contribution in [3.05, 3.63) is 50.2 Å². The summed E-state index contributed by atoms with van der Waals surface area (Å²) in [4.78, 5) is 23.1. The number of primary amides is 1. The molecule has 1 heterocycles. The van der Waals surface area contributed by atoms with E-state index in [1.54, 1.807) is 25.1 Å². The molecule has 0 bridgehead atoms. The SMILES string of the molecule is Cc1cc(OCc2ccc(C(N)=O)cc2Cl)c(C(=O)O)s1. The zero-order valence-electron chi connectivity index (χ0n) is 11.1. The van der Waals surface area contributed by atoms with Crippen molar-refractivity contribution >= 4 is 34.8 Å². The minimum Gasteiger partial charge on any atom is -0.487 e. The summed E-state index contributed by atoms with van der Waals surface area (Å²) in [6, 6.07) is 6.30. The monoisotopic (exact) mass is 325 g/mol. The average molecular weight is 326 g/mol. The Bertz CT molecular complexity index is 711. The van der Waals surface area contributed by atoms with Crippen LogP contribution >= 0.6 is 22.9 Å². The Balaban J connectivity index is 2.17. The van der Waals surface area contributed by atoms with E-state index in [1.807, 2.05) is 0 Å². The molecule has 110 valence electrons. The normalized spacial score (nSPS) is 10.4. The first kappa shape index (κ1) is 15.3. The third-order valence-electron chi connectivity index (χ3n) is 2.74. The molecule has 0 aliphatic carbocycles. The molecule has 0 saturated carbocycles. The maximum atomic E-state index is 11.1. The summed E-state index contributed by atoms with van der Waals surface area (Å²) in [6.45, 7) is 1.91. The Hall–Kier alpha value is -2.05. The number of halogens is 1. The highest BCUT2D eigenvalue weighted by atomic mass is 35.5. The molecular formula is C14H12ClNO4S. The lowest BCUT2D eigenvalue weighted by Crippen LogP contribution is -2.11. The topological polar surface area (TPSA) is 89.6 Å². The molecule has 0 aliphatic heterocycles. The fourth-order valence-corrected chi connectivity index (χ4v) is 2.75. The second-order valence-electron chi connectivity index (χ2n) is 4.31. The van der Waals surface area contributed by atoms with Crippen molar-refractivity contribution < 1.29 is 19.4 Å². The van der Waals surface area contributed by atoms with Crippen LogP contribution < -0.4 is 10.5 Å². The van der Waals surface area contributed by atoms with Crippen LogP contribution in [-0.2, 0) is 6.61 Å². The van der Waals surface area contributed by atoms with Gasteiger partial charge in [-0.1, -0.05) is 17.7 Å². The van der Waals surface area contributed by atoms with Crippen molar-refractivity contribution in [2.45, 2.75) is 13.5 Å². The maximum Gasteiger partial charge on any atom is 0.349 e. The molecular weight excluding hydrogens is 314 g/mol. The minimum atomic E-state index is -1.03. The van der Waals surface area contributed by atoms with Gasteiger partial charge in [-0.3, -0.25) is 4.79 Å². The van der Waals surface area contributed by atoms with Gasteiger partial charge in [0.1, 0.15) is 12.4 Å². The molecule has 2 rings (SSSR count). The van der Waals surface area contributed by atoms with E-state index in [9.17, 15) is 9.59 Å². The number of rotatable bonds is 5. The van der Waals surface area contributed by atoms with Crippen LogP contribution in [0.25, 0.3) is 0 Å². The van der Waals surface area contributed by atoms with Crippen LogP contribution in [0.5, 0.6) is 5.75 Å². The van der Waals surface area contributed by atoms with Gasteiger partial charge in [-0.25, -0.2) is 4.79 Å². The number of amides is 1. The zero-order chi connectivity index (χ0) is 15.6. The molecule has 2 aromatic rings. The standard InChI is InChI=1S/C14H12ClNO4S/c1-7-4-11(12(21-7)14(18)19)20-6-9-3-2-8(13(16)17)5-10(9)15/h2-5H,6H2,1H3,(H2,16,17)(H,18,19). The molecule has 3 N–H and O–H groups in total. The van der Waals surface area contributed by atoms with Crippen LogP contribution in [0.15, 0.2) is 24.3 Å². The van der Waals surface area contributed by atoms with Gasteiger partial charge in [0.2, 0.25) is 5.91 Å². The number of carbonyl (C=O) groups excluding carboxylic acids is 1. The Labute approximate surface area is 129 Å². The second-order valence-corrected chi connectivity index (χ2v) is 5.98. The van der Waals surface area contributed by atoms with E-state index in [0.717, 1.165) is 16.2 Å². The van der Waals surface area contributed by atoms with Crippen molar-refractivity contribution in [3.8, 4) is 5.75 Å². The van der Waals surface area contributed by atoms with Crippen molar-refractivity contribution in [1.29, 1.82) is 0 Å². The molecule has 21 heavy (non-hydrogen) atoms. The largest absolute Gasteiger partial charge is 0.487 e. The highest BCUT2D eigenvalue weighted by Gasteiger charge is 2.16. The lowest BCUT2D eigenvalue weighted by atomic mass is 10.1. The number of benzene rings is 1. The number of ether oxygens (including phenoxy) is 1. The van der Waals surface area contributed by atoms with Gasteiger partial charge in [0.25, 0.3) is 0 Å². The summed E-state index contributed by atoms with van der Waals surface area (Å²) in [5, 5.41) is 9.42. The van der Waals surface area contributed by atoms with Crippen LogP contribution in [0.4, 0.5) is 0 Å². The fraction of sp³-hybridized carbons (Fsp3) is 0.143. The molecule has 1 aromatic heterocycles. The zero-order valence-corrected chi connectivity index (χ0v) is 12.6. The molecule has 0 atom stereocenters. The van der Waals surface area contributed by atoms with Gasteiger partial charge in [0, 0.05) is 21.0 Å². The Morgan fingerprint density at radius 1 is 1.38 bits per heavy atom. The number of carbonyl (C=O) groups is 2. The first-order valence-corrected chi connectivity index (χ1v) is 7.12. The summed E-state index contributed by atoms with van der Waals surface area (Å²) in [5.41, 5.74) is 6.11. The molecule has 1 aromatic carbocycles. The van der Waals surface area contributed by atoms with Gasteiger partial charge in [-0.2, -0.15) is 0 Å². The number of nitrogens with two attached hydrogens (primary N) is 1. The highest BCUT2D eigenvalue weighted by Crippen LogP contribution is 2.30. The van der Waals surface area contributed by atoms with Crippen molar-refractivity contribution in [3.63, 3.8) is 0 Å². The molecule has 0 spiro atoms. The summed E-state index contributed by atoms with van der Waals surface area (Å²) in [7, 11) is 0. The fourth-order valence-electron chi connectivity index (χ4n) is 1.72. The smallest absolute Gasteiger partial charge is 0.349 e. The van der Waals surface area contributed by atoms with Crippen LogP contribution in [0.3, 0.4) is 0 Å². The number of hydrogen-bond acceptors (Lipinski definition) is 4. The van der Waals surface area contributed by atoms with Gasteiger partial charge in [0.05, 0.1) is 0 Å². The first-order valence-electron chi connectivity index (χ1n) is 5.93. The lowest BCUT2D eigenvalue weighted by Gasteiger charge is -2.08. The number of carboxylic acids is 1. The van der Waals surface area contributed by atoms with Crippen molar-refractivity contribution in [2.24, 2.45) is 5.73 Å². The summed E-state index contributed by atoms with van der Waals surface area (Å²) in [5.74, 6) is -1.29. The molecule has 0 fully saturated rings. The van der Waals surface area contributed by atoms with Gasteiger partial charge in [-0.05, 0) is 25.1 Å². The lowest BCUT2D eigenvalue weighted by molar-refractivity contribution is 0.0697. The molecule has 0 radical (unpaired) electrons. The molecule has 0 saturated heterocycles. The van der Waals surface area contributed by atoms with Gasteiger partial charge in [-0.15, -0.1) is 11.3 Å². The molecule has 5 nitrogen and oxygen atoms in total. The van der Waals surface area contributed by atoms with Crippen LogP contribution in [-0.4, -0.2) is 17.0 Å². The van der Waals surface area contributed by atoms with E-state index >= 15 is 0 Å². The van der Waals surface area contributed by atoms with Gasteiger partial charge >= 0.3 is 5.97 Å². The Kier molecular flexibility index (Phi) is 4.50. The summed E-state index contributed by atoms with van der Waals surface area (Å²) < 4.78 is 5.52. The number of carboxylic acid groups (broad SMARTS) is 1. The second kappa shape index (κ2) is 6.15. The van der Waals surface area contributed by atoms with E-state index in [-0.39, 0.29) is 11.5 Å². The van der Waals surface area contributed by atoms with E-state index in [0.29, 0.717) is 21.9 Å². The van der Waals surface area contributed by atoms with Crippen LogP contribution in [0, 0.1) is 6.92 Å². The molecule has 0 aliphatic rings. The average Bonchev–Trinajstić information content (AvgIpc) is 2.78. The van der Waals surface area contributed by atoms with E-state index in [4.69, 9.17) is 27.2 Å². The van der Waals surface area contributed by atoms with Crippen molar-refractivity contribution in [2.75, 3.05) is 0 Å². The first-order chi connectivity index (χ1) is 9.88. The van der Waals surface area contributed by atoms with Crippen LogP contribution in [0.2, 0.25) is 5.02 Å². The minimum absolute atomic E-state index is 0.105. The van der Waals surface area contributed by atoms with E-state index in [1.165, 1.54) is 6.07 Å². The molecule has 1 amide bonds. The van der Waals surface area contributed by atoms with Gasteiger partial charge in [0.15, 0.2) is 4.88 Å². The van der Waals surface area contributed by atoms with Crippen LogP contribution in [0.1, 0.15) is 30.5 Å². The van der Waals surface area contributed by atoms with E-state index in [2.05, 4.69) is 0 Å². The van der Waals surface area contributed by atoms with Gasteiger partial charge < -0.3 is 15.6 Å². The molecule has 7 heteroatoms. The summed E-state index contributed by atoms with van der Waals surface area (Å²) in [6.07, 6.45) is 0. The quantitative estimate of drug-likeness (QED) is 0.884. The number of thiophene rings is 1. The third kappa shape index (κ3) is 3.53. The molecule has 0 unspecified atom stereocenters. The Morgan fingerprint density at radius 3 is 2.67 bits per heavy atom. The van der Waals surface area contributed by atoms with Crippen molar-refractivity contribution in [1.82, 2.24) is 0 Å². The van der Waals surface area contributed by atoms with E-state index < -0.39 is 11.9 Å². The third-order valence-corrected chi connectivity index (χ3v) is 4.11. The number of aromatic carboxylic acids is 1.